The van der Waals surface area contributed by atoms with E-state index in [2.05, 4.69) is 0 Å². The van der Waals surface area contributed by atoms with Crippen molar-refractivity contribution in [2.24, 2.45) is 5.92 Å². The standard InChI is InChI=1S/C16H18ClNO3/c1-21-16(20)13-6-4-10-18(11-13)15(19)9-8-12-5-2-3-7-14(12)17/h2-3,5,7-9,13H,4,6,10-11H2,1H3/b9-8+/t13-/m0/s1. The van der Waals surface area contributed by atoms with Crippen molar-refractivity contribution in [2.45, 2.75) is 12.8 Å². The van der Waals surface area contributed by atoms with Crippen molar-refractivity contribution in [1.29, 1.82) is 0 Å². The van der Waals surface area contributed by atoms with E-state index in [4.69, 9.17) is 16.3 Å². The fourth-order valence-electron chi connectivity index (χ4n) is 2.41. The summed E-state index contributed by atoms with van der Waals surface area (Å²) in [6.45, 7) is 1.08. The number of hydrogen-bond acceptors (Lipinski definition) is 3. The van der Waals surface area contributed by atoms with Crippen LogP contribution >= 0.6 is 11.6 Å². The quantitative estimate of drug-likeness (QED) is 0.637. The van der Waals surface area contributed by atoms with E-state index >= 15 is 0 Å². The van der Waals surface area contributed by atoms with E-state index in [-0.39, 0.29) is 17.8 Å². The third-order valence-electron chi connectivity index (χ3n) is 3.58. The first kappa shape index (κ1) is 15.6. The van der Waals surface area contributed by atoms with E-state index in [1.807, 2.05) is 18.2 Å². The normalized spacial score (nSPS) is 18.8. The van der Waals surface area contributed by atoms with Gasteiger partial charge >= 0.3 is 5.97 Å². The maximum Gasteiger partial charge on any atom is 0.310 e. The van der Waals surface area contributed by atoms with Gasteiger partial charge in [-0.25, -0.2) is 0 Å². The van der Waals surface area contributed by atoms with Gasteiger partial charge in [0.15, 0.2) is 0 Å². The topological polar surface area (TPSA) is 46.6 Å². The number of carbonyl (C=O) groups excluding carboxylic acids is 2. The molecule has 1 aliphatic heterocycles. The van der Waals surface area contributed by atoms with Gasteiger partial charge in [0.25, 0.3) is 0 Å². The van der Waals surface area contributed by atoms with Crippen LogP contribution in [0.25, 0.3) is 6.08 Å². The van der Waals surface area contributed by atoms with Gasteiger partial charge in [-0.2, -0.15) is 0 Å². The molecule has 0 N–H and O–H groups in total. The van der Waals surface area contributed by atoms with Gasteiger partial charge in [0.2, 0.25) is 5.91 Å². The lowest BCUT2D eigenvalue weighted by Gasteiger charge is -2.30. The van der Waals surface area contributed by atoms with E-state index in [9.17, 15) is 9.59 Å². The predicted molar refractivity (Wildman–Crippen MR) is 81.8 cm³/mol. The van der Waals surface area contributed by atoms with Crippen LogP contribution in [-0.4, -0.2) is 37.0 Å². The Morgan fingerprint density at radius 2 is 2.14 bits per heavy atom. The number of esters is 1. The van der Waals surface area contributed by atoms with Crippen molar-refractivity contribution < 1.29 is 14.3 Å². The van der Waals surface area contributed by atoms with Crippen LogP contribution in [0, 0.1) is 5.92 Å². The molecule has 1 saturated heterocycles. The highest BCUT2D eigenvalue weighted by Crippen LogP contribution is 2.19. The van der Waals surface area contributed by atoms with Gasteiger partial charge in [0.05, 0.1) is 13.0 Å². The highest BCUT2D eigenvalue weighted by Gasteiger charge is 2.28. The molecule has 0 aliphatic carbocycles. The van der Waals surface area contributed by atoms with Crippen molar-refractivity contribution in [1.82, 2.24) is 4.90 Å². The van der Waals surface area contributed by atoms with Gasteiger partial charge < -0.3 is 9.64 Å². The maximum atomic E-state index is 12.2. The molecule has 2 rings (SSSR count). The van der Waals surface area contributed by atoms with Gasteiger partial charge in [0.1, 0.15) is 0 Å². The van der Waals surface area contributed by atoms with Crippen LogP contribution in [0.5, 0.6) is 0 Å². The molecule has 1 amide bonds. The van der Waals surface area contributed by atoms with Crippen LogP contribution in [0.4, 0.5) is 0 Å². The van der Waals surface area contributed by atoms with Crippen LogP contribution < -0.4 is 0 Å². The van der Waals surface area contributed by atoms with Gasteiger partial charge in [-0.3, -0.25) is 9.59 Å². The molecule has 5 heteroatoms. The highest BCUT2D eigenvalue weighted by atomic mass is 35.5. The summed E-state index contributed by atoms with van der Waals surface area (Å²) < 4.78 is 4.75. The van der Waals surface area contributed by atoms with Crippen LogP contribution in [0.3, 0.4) is 0 Å². The number of likely N-dealkylation sites (tertiary alicyclic amines) is 1. The average molecular weight is 308 g/mol. The van der Waals surface area contributed by atoms with E-state index in [1.54, 1.807) is 17.0 Å². The molecule has 1 fully saturated rings. The number of benzene rings is 1. The summed E-state index contributed by atoms with van der Waals surface area (Å²) in [6, 6.07) is 7.33. The second-order valence-electron chi connectivity index (χ2n) is 5.00. The fraction of sp³-hybridized carbons (Fsp3) is 0.375. The number of halogens is 1. The average Bonchev–Trinajstić information content (AvgIpc) is 2.53. The molecule has 0 saturated carbocycles. The number of methoxy groups -OCH3 is 1. The minimum atomic E-state index is -0.248. The largest absolute Gasteiger partial charge is 0.469 e. The van der Waals surface area contributed by atoms with Gasteiger partial charge in [-0.1, -0.05) is 29.8 Å². The first-order chi connectivity index (χ1) is 10.1. The van der Waals surface area contributed by atoms with Crippen molar-refractivity contribution >= 4 is 29.6 Å². The van der Waals surface area contributed by atoms with Crippen molar-refractivity contribution in [3.63, 3.8) is 0 Å². The molecule has 0 radical (unpaired) electrons. The SMILES string of the molecule is COC(=O)[C@H]1CCCN(C(=O)/C=C/c2ccccc2Cl)C1. The lowest BCUT2D eigenvalue weighted by Crippen LogP contribution is -2.41. The zero-order valence-corrected chi connectivity index (χ0v) is 12.7. The van der Waals surface area contributed by atoms with Crippen molar-refractivity contribution in [3.8, 4) is 0 Å². The molecule has 1 aromatic carbocycles. The number of amides is 1. The monoisotopic (exact) mass is 307 g/mol. The minimum absolute atomic E-state index is 0.108. The number of hydrogen-bond donors (Lipinski definition) is 0. The molecule has 4 nitrogen and oxygen atoms in total. The number of piperidine rings is 1. The molecule has 1 heterocycles. The van der Waals surface area contributed by atoms with E-state index in [0.717, 1.165) is 18.4 Å². The zero-order chi connectivity index (χ0) is 15.2. The fourth-order valence-corrected chi connectivity index (χ4v) is 2.61. The summed E-state index contributed by atoms with van der Waals surface area (Å²) in [5, 5.41) is 0.604. The number of carbonyl (C=O) groups is 2. The minimum Gasteiger partial charge on any atom is -0.469 e. The lowest BCUT2D eigenvalue weighted by molar-refractivity contribution is -0.148. The van der Waals surface area contributed by atoms with E-state index in [1.165, 1.54) is 13.2 Å². The zero-order valence-electron chi connectivity index (χ0n) is 11.9. The van der Waals surface area contributed by atoms with Crippen LogP contribution in [0.2, 0.25) is 5.02 Å². The Balaban J connectivity index is 2.00. The molecular weight excluding hydrogens is 290 g/mol. The second kappa shape index (κ2) is 7.27. The first-order valence-corrected chi connectivity index (χ1v) is 7.29. The molecule has 0 bridgehead atoms. The highest BCUT2D eigenvalue weighted by molar-refractivity contribution is 6.32. The summed E-state index contributed by atoms with van der Waals surface area (Å²) >= 11 is 6.04. The van der Waals surface area contributed by atoms with Crippen molar-refractivity contribution in [2.75, 3.05) is 20.2 Å². The Morgan fingerprint density at radius 3 is 2.86 bits per heavy atom. The van der Waals surface area contributed by atoms with Gasteiger partial charge in [-0.05, 0) is 30.5 Å². The number of rotatable bonds is 3. The molecule has 1 aromatic rings. The molecular formula is C16H18ClNO3. The molecule has 1 aliphatic rings. The van der Waals surface area contributed by atoms with Crippen molar-refractivity contribution in [3.05, 3.63) is 40.9 Å². The van der Waals surface area contributed by atoms with Crippen LogP contribution in [0.1, 0.15) is 18.4 Å². The Labute approximate surface area is 129 Å². The Morgan fingerprint density at radius 1 is 1.38 bits per heavy atom. The molecule has 112 valence electrons. The number of nitrogens with zero attached hydrogens (tertiary/aromatic N) is 1. The molecule has 0 unspecified atom stereocenters. The van der Waals surface area contributed by atoms with Gasteiger partial charge in [-0.15, -0.1) is 0 Å². The smallest absolute Gasteiger partial charge is 0.310 e. The number of ether oxygens (including phenoxy) is 1. The maximum absolute atomic E-state index is 12.2. The first-order valence-electron chi connectivity index (χ1n) is 6.91. The third kappa shape index (κ3) is 4.08. The Kier molecular flexibility index (Phi) is 5.39. The summed E-state index contributed by atoms with van der Waals surface area (Å²) in [5.41, 5.74) is 0.800. The van der Waals surface area contributed by atoms with E-state index in [0.29, 0.717) is 18.1 Å². The van der Waals surface area contributed by atoms with Crippen LogP contribution in [-0.2, 0) is 14.3 Å². The Bertz CT molecular complexity index is 556. The van der Waals surface area contributed by atoms with E-state index < -0.39 is 0 Å². The van der Waals surface area contributed by atoms with Gasteiger partial charge in [0, 0.05) is 24.2 Å². The molecule has 0 spiro atoms. The molecule has 21 heavy (non-hydrogen) atoms. The summed E-state index contributed by atoms with van der Waals surface area (Å²) in [7, 11) is 1.38. The summed E-state index contributed by atoms with van der Waals surface area (Å²) in [4.78, 5) is 25.4. The second-order valence-corrected chi connectivity index (χ2v) is 5.41. The predicted octanol–water partition coefficient (Wildman–Crippen LogP) is 2.76. The summed E-state index contributed by atoms with van der Waals surface area (Å²) in [6.07, 6.45) is 4.78. The molecule has 1 atom stereocenters. The molecule has 0 aromatic heterocycles. The third-order valence-corrected chi connectivity index (χ3v) is 3.92. The summed E-state index contributed by atoms with van der Waals surface area (Å²) in [5.74, 6) is -0.576. The lowest BCUT2D eigenvalue weighted by atomic mass is 9.98. The Hall–Kier alpha value is -1.81. The van der Waals surface area contributed by atoms with Crippen LogP contribution in [0.15, 0.2) is 30.3 Å².